The van der Waals surface area contributed by atoms with Crippen molar-refractivity contribution < 1.29 is 37.3 Å². The van der Waals surface area contributed by atoms with Crippen molar-refractivity contribution in [1.82, 2.24) is 0 Å². The number of carbonyl (C=O) groups is 1. The SMILES string of the molecule is CCCCCCCCCCCCCCCCCCCCCCCCCCCCCCCCCCCC(=O)O[C@H](COCCCCCCCCCCCCCCCC)COP(=O)(O)OCC[N+](C)(C)C. The van der Waals surface area contributed by atoms with Crippen molar-refractivity contribution >= 4 is 13.8 Å². The third kappa shape index (κ3) is 58.3. The lowest BCUT2D eigenvalue weighted by Crippen LogP contribution is -2.37. The first-order chi connectivity index (χ1) is 33.6. The fraction of sp³-hybridized carbons (Fsp3) is 0.983. The average molecular weight is 1000 g/mol. The number of phosphoric acid groups is 1. The molecule has 0 saturated carbocycles. The van der Waals surface area contributed by atoms with Gasteiger partial charge < -0.3 is 18.9 Å². The summed E-state index contributed by atoms with van der Waals surface area (Å²) in [5.41, 5.74) is 0. The fourth-order valence-corrected chi connectivity index (χ4v) is 10.2. The molecular formula is C60H123NO7P+. The van der Waals surface area contributed by atoms with Crippen LogP contribution in [0, 0.1) is 0 Å². The second kappa shape index (κ2) is 53.8. The van der Waals surface area contributed by atoms with Gasteiger partial charge in [-0.25, -0.2) is 4.57 Å². The lowest BCUT2D eigenvalue weighted by molar-refractivity contribution is -0.870. The Morgan fingerprint density at radius 2 is 0.667 bits per heavy atom. The predicted octanol–water partition coefficient (Wildman–Crippen LogP) is 19.5. The summed E-state index contributed by atoms with van der Waals surface area (Å²) in [6, 6.07) is 0. The topological polar surface area (TPSA) is 91.3 Å². The second-order valence-electron chi connectivity index (χ2n) is 22.5. The summed E-state index contributed by atoms with van der Waals surface area (Å²) in [5.74, 6) is -0.303. The van der Waals surface area contributed by atoms with Gasteiger partial charge in [-0.15, -0.1) is 0 Å². The van der Waals surface area contributed by atoms with Gasteiger partial charge in [-0.1, -0.05) is 303 Å². The molecule has 1 unspecified atom stereocenters. The van der Waals surface area contributed by atoms with Gasteiger partial charge in [-0.3, -0.25) is 13.8 Å². The van der Waals surface area contributed by atoms with Gasteiger partial charge in [0.2, 0.25) is 0 Å². The van der Waals surface area contributed by atoms with Crippen LogP contribution in [-0.2, 0) is 27.9 Å². The Kier molecular flexibility index (Phi) is 53.4. The minimum atomic E-state index is -4.27. The maximum atomic E-state index is 12.8. The average Bonchev–Trinajstić information content (AvgIpc) is 3.31. The maximum Gasteiger partial charge on any atom is 0.472 e. The van der Waals surface area contributed by atoms with Gasteiger partial charge in [0.15, 0.2) is 0 Å². The Bertz CT molecular complexity index is 1070. The van der Waals surface area contributed by atoms with E-state index in [1.54, 1.807) is 0 Å². The van der Waals surface area contributed by atoms with Crippen molar-refractivity contribution in [1.29, 1.82) is 0 Å². The van der Waals surface area contributed by atoms with Gasteiger partial charge in [-0.2, -0.15) is 0 Å². The molecule has 0 spiro atoms. The van der Waals surface area contributed by atoms with E-state index in [4.69, 9.17) is 18.5 Å². The number of hydrogen-bond acceptors (Lipinski definition) is 6. The van der Waals surface area contributed by atoms with Crippen LogP contribution < -0.4 is 0 Å². The first kappa shape index (κ1) is 68.5. The van der Waals surface area contributed by atoms with E-state index in [1.165, 1.54) is 270 Å². The van der Waals surface area contributed by atoms with Crippen LogP contribution in [0.2, 0.25) is 0 Å². The van der Waals surface area contributed by atoms with Crippen molar-refractivity contribution in [2.75, 3.05) is 54.1 Å². The molecule has 0 fully saturated rings. The highest BCUT2D eigenvalue weighted by Gasteiger charge is 2.26. The number of rotatable bonds is 59. The van der Waals surface area contributed by atoms with Crippen molar-refractivity contribution in [3.8, 4) is 0 Å². The van der Waals surface area contributed by atoms with Gasteiger partial charge in [0.05, 0.1) is 34.4 Å². The van der Waals surface area contributed by atoms with E-state index in [0.717, 1.165) is 32.1 Å². The molecule has 2 atom stereocenters. The fourth-order valence-electron chi connectivity index (χ4n) is 9.44. The summed E-state index contributed by atoms with van der Waals surface area (Å²) in [6.07, 6.45) is 63.4. The van der Waals surface area contributed by atoms with E-state index in [0.29, 0.717) is 24.1 Å². The quantitative estimate of drug-likeness (QED) is 0.0281. The molecule has 0 radical (unpaired) electrons. The molecule has 0 rings (SSSR count). The first-order valence-corrected chi connectivity index (χ1v) is 32.3. The smallest absolute Gasteiger partial charge is 0.457 e. The minimum absolute atomic E-state index is 0.0943. The molecule has 0 bridgehead atoms. The number of hydrogen-bond donors (Lipinski definition) is 1. The molecular weight excluding hydrogens is 878 g/mol. The number of carbonyl (C=O) groups excluding carboxylic acids is 1. The normalized spacial score (nSPS) is 13.3. The van der Waals surface area contributed by atoms with Crippen LogP contribution in [0.5, 0.6) is 0 Å². The summed E-state index contributed by atoms with van der Waals surface area (Å²) < 4.78 is 35.2. The van der Waals surface area contributed by atoms with Gasteiger partial charge in [0, 0.05) is 13.0 Å². The molecule has 414 valence electrons. The lowest BCUT2D eigenvalue weighted by Gasteiger charge is -2.24. The Balaban J connectivity index is 3.84. The van der Waals surface area contributed by atoms with Crippen molar-refractivity contribution in [3.05, 3.63) is 0 Å². The zero-order valence-corrected chi connectivity index (χ0v) is 48.2. The summed E-state index contributed by atoms with van der Waals surface area (Å²) in [4.78, 5) is 23.1. The molecule has 0 aromatic heterocycles. The number of nitrogens with zero attached hydrogens (tertiary/aromatic N) is 1. The molecule has 8 nitrogen and oxygen atoms in total. The van der Waals surface area contributed by atoms with Crippen LogP contribution >= 0.6 is 7.82 Å². The summed E-state index contributed by atoms with van der Waals surface area (Å²) in [7, 11) is 1.69. The Labute approximate surface area is 431 Å². The van der Waals surface area contributed by atoms with Crippen LogP contribution in [0.1, 0.15) is 322 Å². The summed E-state index contributed by atoms with van der Waals surface area (Å²) in [5, 5.41) is 0. The third-order valence-electron chi connectivity index (χ3n) is 14.2. The van der Waals surface area contributed by atoms with Crippen molar-refractivity contribution in [3.63, 3.8) is 0 Å². The molecule has 0 saturated heterocycles. The zero-order chi connectivity index (χ0) is 50.5. The van der Waals surface area contributed by atoms with Crippen LogP contribution in [0.3, 0.4) is 0 Å². The Morgan fingerprint density at radius 1 is 0.391 bits per heavy atom. The molecule has 0 aliphatic carbocycles. The van der Waals surface area contributed by atoms with Crippen LogP contribution in [-0.4, -0.2) is 75.6 Å². The third-order valence-corrected chi connectivity index (χ3v) is 15.2. The molecule has 9 heteroatoms. The van der Waals surface area contributed by atoms with Gasteiger partial charge in [0.1, 0.15) is 19.3 Å². The predicted molar refractivity (Wildman–Crippen MR) is 298 cm³/mol. The standard InChI is InChI=1S/C60H122NO7P/c1-6-8-10-12-14-16-18-20-22-23-24-25-26-27-28-29-30-31-32-33-34-35-36-37-38-39-40-41-43-45-47-49-51-53-60(62)68-59(58-67-69(63,64)66-56-54-61(3,4)5)57-65-55-52-50-48-46-44-42-21-19-17-15-13-11-9-7-2/h59H,6-58H2,1-5H3/p+1/t59-/m1/s1. The van der Waals surface area contributed by atoms with E-state index in [-0.39, 0.29) is 25.8 Å². The van der Waals surface area contributed by atoms with Crippen molar-refractivity contribution in [2.45, 2.75) is 328 Å². The molecule has 0 amide bonds. The van der Waals surface area contributed by atoms with Crippen LogP contribution in [0.4, 0.5) is 0 Å². The number of likely N-dealkylation sites (N-methyl/N-ethyl adjacent to an activating group) is 1. The highest BCUT2D eigenvalue weighted by Crippen LogP contribution is 2.43. The van der Waals surface area contributed by atoms with E-state index in [1.807, 2.05) is 21.1 Å². The largest absolute Gasteiger partial charge is 0.472 e. The monoisotopic (exact) mass is 1000 g/mol. The van der Waals surface area contributed by atoms with Crippen LogP contribution in [0.15, 0.2) is 0 Å². The van der Waals surface area contributed by atoms with Crippen LogP contribution in [0.25, 0.3) is 0 Å². The number of ether oxygens (including phenoxy) is 2. The maximum absolute atomic E-state index is 12.8. The zero-order valence-electron chi connectivity index (χ0n) is 47.3. The van der Waals surface area contributed by atoms with E-state index < -0.39 is 13.9 Å². The van der Waals surface area contributed by atoms with Crippen molar-refractivity contribution in [2.24, 2.45) is 0 Å². The Hall–Kier alpha value is -0.500. The summed E-state index contributed by atoms with van der Waals surface area (Å²) >= 11 is 0. The minimum Gasteiger partial charge on any atom is -0.457 e. The van der Waals surface area contributed by atoms with E-state index in [2.05, 4.69) is 13.8 Å². The van der Waals surface area contributed by atoms with E-state index >= 15 is 0 Å². The number of phosphoric ester groups is 1. The molecule has 0 heterocycles. The number of quaternary nitrogens is 1. The molecule has 0 aromatic carbocycles. The summed E-state index contributed by atoms with van der Waals surface area (Å²) in [6.45, 7) is 5.71. The van der Waals surface area contributed by atoms with Gasteiger partial charge in [0.25, 0.3) is 0 Å². The van der Waals surface area contributed by atoms with Gasteiger partial charge in [-0.05, 0) is 12.8 Å². The highest BCUT2D eigenvalue weighted by molar-refractivity contribution is 7.47. The molecule has 0 aliphatic heterocycles. The molecule has 0 aromatic rings. The Morgan fingerprint density at radius 3 is 0.957 bits per heavy atom. The molecule has 1 N–H and O–H groups in total. The molecule has 69 heavy (non-hydrogen) atoms. The molecule has 0 aliphatic rings. The van der Waals surface area contributed by atoms with Gasteiger partial charge >= 0.3 is 13.8 Å². The number of unbranched alkanes of at least 4 members (excludes halogenated alkanes) is 45. The highest BCUT2D eigenvalue weighted by atomic mass is 31.2. The second-order valence-corrected chi connectivity index (χ2v) is 23.9. The number of esters is 1. The lowest BCUT2D eigenvalue weighted by atomic mass is 10.0. The van der Waals surface area contributed by atoms with E-state index in [9.17, 15) is 14.3 Å². The first-order valence-electron chi connectivity index (χ1n) is 30.8.